The molecule has 2 rings (SSSR count). The maximum absolute atomic E-state index is 14.3. The normalized spacial score (nSPS) is 18.1. The Kier molecular flexibility index (Phi) is 6.33. The van der Waals surface area contributed by atoms with Crippen molar-refractivity contribution in [2.24, 2.45) is 0 Å². The fourth-order valence-electron chi connectivity index (χ4n) is 3.06. The van der Waals surface area contributed by atoms with E-state index in [1.54, 1.807) is 12.0 Å². The molecule has 0 N–H and O–H groups in total. The van der Waals surface area contributed by atoms with Crippen LogP contribution in [0.5, 0.6) is 5.75 Å². The van der Waals surface area contributed by atoms with E-state index in [-0.39, 0.29) is 11.8 Å². The number of rotatable bonds is 6. The molecule has 0 radical (unpaired) electrons. The molecule has 1 aliphatic heterocycles. The van der Waals surface area contributed by atoms with Crippen molar-refractivity contribution in [1.82, 2.24) is 4.90 Å². The molecule has 4 nitrogen and oxygen atoms in total. The van der Waals surface area contributed by atoms with Crippen LogP contribution in [0.4, 0.5) is 8.78 Å². The Morgan fingerprint density at radius 1 is 1.30 bits per heavy atom. The zero-order valence-electron chi connectivity index (χ0n) is 13.6. The summed E-state index contributed by atoms with van der Waals surface area (Å²) in [7, 11) is 2.92. The van der Waals surface area contributed by atoms with Gasteiger partial charge in [-0.15, -0.1) is 0 Å². The number of ether oxygens (including phenoxy) is 2. The van der Waals surface area contributed by atoms with Gasteiger partial charge in [0.1, 0.15) is 11.4 Å². The molecule has 1 aromatic carbocycles. The molecule has 0 unspecified atom stereocenters. The van der Waals surface area contributed by atoms with Crippen LogP contribution in [0.3, 0.4) is 0 Å². The largest absolute Gasteiger partial charge is 0.494 e. The predicted octanol–water partition coefficient (Wildman–Crippen LogP) is 3.39. The van der Waals surface area contributed by atoms with E-state index in [9.17, 15) is 13.6 Å². The lowest BCUT2D eigenvalue weighted by molar-refractivity contribution is 0.0574. The molecule has 1 heterocycles. The topological polar surface area (TPSA) is 38.8 Å². The maximum Gasteiger partial charge on any atom is 0.260 e. The molecule has 0 aromatic heterocycles. The SMILES string of the molecule is COCCC[C@@H]1CCCCN1C(=O)c1c(F)ccc(OC)c1F. The first-order valence-corrected chi connectivity index (χ1v) is 7.92. The van der Waals surface area contributed by atoms with Crippen LogP contribution in [0.25, 0.3) is 0 Å². The summed E-state index contributed by atoms with van der Waals surface area (Å²) in [6.07, 6.45) is 4.30. The molecule has 23 heavy (non-hydrogen) atoms. The number of hydrogen-bond donors (Lipinski definition) is 0. The molecule has 1 saturated heterocycles. The number of piperidine rings is 1. The molecule has 0 saturated carbocycles. The van der Waals surface area contributed by atoms with Gasteiger partial charge in [0, 0.05) is 26.3 Å². The zero-order valence-corrected chi connectivity index (χ0v) is 13.6. The van der Waals surface area contributed by atoms with Gasteiger partial charge in [0.15, 0.2) is 11.6 Å². The fraction of sp³-hybridized carbons (Fsp3) is 0.588. The van der Waals surface area contributed by atoms with Gasteiger partial charge in [-0.1, -0.05) is 0 Å². The van der Waals surface area contributed by atoms with Crippen molar-refractivity contribution < 1.29 is 23.0 Å². The lowest BCUT2D eigenvalue weighted by atomic mass is 9.96. The van der Waals surface area contributed by atoms with Crippen molar-refractivity contribution in [2.75, 3.05) is 27.4 Å². The standard InChI is InChI=1S/C17H23F2NO3/c1-22-11-5-7-12-6-3-4-10-20(12)17(21)15-13(18)8-9-14(23-2)16(15)19/h8-9,12H,3-7,10-11H2,1-2H3/t12-/m0/s1. The molecule has 0 spiro atoms. The van der Waals surface area contributed by atoms with Crippen molar-refractivity contribution in [3.05, 3.63) is 29.3 Å². The molecule has 1 amide bonds. The Balaban J connectivity index is 2.23. The fourth-order valence-corrected chi connectivity index (χ4v) is 3.06. The van der Waals surface area contributed by atoms with Crippen molar-refractivity contribution >= 4 is 5.91 Å². The third-order valence-corrected chi connectivity index (χ3v) is 4.26. The van der Waals surface area contributed by atoms with Gasteiger partial charge in [0.05, 0.1) is 7.11 Å². The number of nitrogens with zero attached hydrogens (tertiary/aromatic N) is 1. The van der Waals surface area contributed by atoms with Crippen LogP contribution < -0.4 is 4.74 Å². The lowest BCUT2D eigenvalue weighted by Gasteiger charge is -2.36. The molecule has 0 aliphatic carbocycles. The Bertz CT molecular complexity index is 551. The first kappa shape index (κ1) is 17.7. The molecule has 128 valence electrons. The van der Waals surface area contributed by atoms with E-state index in [0.717, 1.165) is 38.2 Å². The first-order chi connectivity index (χ1) is 11.1. The highest BCUT2D eigenvalue weighted by Crippen LogP contribution is 2.28. The summed E-state index contributed by atoms with van der Waals surface area (Å²) in [6.45, 7) is 1.13. The molecule has 1 aromatic rings. The number of carbonyl (C=O) groups excluding carboxylic acids is 1. The average Bonchev–Trinajstić information content (AvgIpc) is 2.55. The second-order valence-electron chi connectivity index (χ2n) is 5.72. The van der Waals surface area contributed by atoms with Crippen molar-refractivity contribution in [3.8, 4) is 5.75 Å². The highest BCUT2D eigenvalue weighted by molar-refractivity contribution is 5.95. The highest BCUT2D eigenvalue weighted by Gasteiger charge is 2.31. The number of amides is 1. The quantitative estimate of drug-likeness (QED) is 0.752. The van der Waals surface area contributed by atoms with Gasteiger partial charge in [-0.25, -0.2) is 8.78 Å². The predicted molar refractivity (Wildman–Crippen MR) is 82.7 cm³/mol. The minimum absolute atomic E-state index is 0.00333. The van der Waals surface area contributed by atoms with Crippen molar-refractivity contribution in [2.45, 2.75) is 38.1 Å². The van der Waals surface area contributed by atoms with E-state index in [1.165, 1.54) is 13.2 Å². The molecule has 6 heteroatoms. The van der Waals surface area contributed by atoms with Gasteiger partial charge in [-0.05, 0) is 44.2 Å². The number of hydrogen-bond acceptors (Lipinski definition) is 3. The van der Waals surface area contributed by atoms with E-state index < -0.39 is 23.1 Å². The van der Waals surface area contributed by atoms with Crippen molar-refractivity contribution in [3.63, 3.8) is 0 Å². The molecular formula is C17H23F2NO3. The van der Waals surface area contributed by atoms with Crippen LogP contribution in [0.2, 0.25) is 0 Å². The number of halogens is 2. The number of benzene rings is 1. The molecule has 1 fully saturated rings. The zero-order chi connectivity index (χ0) is 16.8. The summed E-state index contributed by atoms with van der Waals surface area (Å²) < 4.78 is 38.3. The number of carbonyl (C=O) groups is 1. The van der Waals surface area contributed by atoms with Gasteiger partial charge in [-0.2, -0.15) is 0 Å². The Labute approximate surface area is 135 Å². The van der Waals surface area contributed by atoms with Gasteiger partial charge in [0.2, 0.25) is 0 Å². The average molecular weight is 327 g/mol. The van der Waals surface area contributed by atoms with Crippen LogP contribution in [0.15, 0.2) is 12.1 Å². The Morgan fingerprint density at radius 3 is 2.78 bits per heavy atom. The molecule has 1 aliphatic rings. The summed E-state index contributed by atoms with van der Waals surface area (Å²) in [5.41, 5.74) is -0.525. The van der Waals surface area contributed by atoms with E-state index in [2.05, 4.69) is 0 Å². The summed E-state index contributed by atoms with van der Waals surface area (Å²) in [4.78, 5) is 14.3. The number of methoxy groups -OCH3 is 2. The summed E-state index contributed by atoms with van der Waals surface area (Å²) >= 11 is 0. The third-order valence-electron chi connectivity index (χ3n) is 4.26. The molecular weight excluding hydrogens is 304 g/mol. The summed E-state index contributed by atoms with van der Waals surface area (Å²) in [5, 5.41) is 0. The minimum Gasteiger partial charge on any atom is -0.494 e. The second kappa shape index (κ2) is 8.24. The van der Waals surface area contributed by atoms with Crippen LogP contribution in [0.1, 0.15) is 42.5 Å². The highest BCUT2D eigenvalue weighted by atomic mass is 19.1. The number of likely N-dealkylation sites (tertiary alicyclic amines) is 1. The van der Waals surface area contributed by atoms with E-state index in [1.807, 2.05) is 0 Å². The summed E-state index contributed by atoms with van der Waals surface area (Å²) in [6, 6.07) is 2.25. The van der Waals surface area contributed by atoms with Gasteiger partial charge >= 0.3 is 0 Å². The van der Waals surface area contributed by atoms with Crippen molar-refractivity contribution in [1.29, 1.82) is 0 Å². The smallest absolute Gasteiger partial charge is 0.260 e. The lowest BCUT2D eigenvalue weighted by Crippen LogP contribution is -2.44. The van der Waals surface area contributed by atoms with Gasteiger partial charge < -0.3 is 14.4 Å². The van der Waals surface area contributed by atoms with Crippen LogP contribution in [-0.2, 0) is 4.74 Å². The Hall–Kier alpha value is -1.69. The second-order valence-corrected chi connectivity index (χ2v) is 5.72. The van der Waals surface area contributed by atoms with Gasteiger partial charge in [-0.3, -0.25) is 4.79 Å². The monoisotopic (exact) mass is 327 g/mol. The molecule has 0 bridgehead atoms. The minimum atomic E-state index is -0.932. The van der Waals surface area contributed by atoms with E-state index in [0.29, 0.717) is 13.2 Å². The van der Waals surface area contributed by atoms with Gasteiger partial charge in [0.25, 0.3) is 5.91 Å². The third kappa shape index (κ3) is 3.99. The van der Waals surface area contributed by atoms with Crippen LogP contribution in [-0.4, -0.2) is 44.2 Å². The first-order valence-electron chi connectivity index (χ1n) is 7.92. The molecule has 1 atom stereocenters. The maximum atomic E-state index is 14.3. The summed E-state index contributed by atoms with van der Waals surface area (Å²) in [5.74, 6) is -2.50. The van der Waals surface area contributed by atoms with Crippen LogP contribution in [0, 0.1) is 11.6 Å². The van der Waals surface area contributed by atoms with E-state index in [4.69, 9.17) is 9.47 Å². The van der Waals surface area contributed by atoms with E-state index >= 15 is 0 Å². The van der Waals surface area contributed by atoms with Crippen LogP contribution >= 0.6 is 0 Å². The Morgan fingerprint density at radius 2 is 2.09 bits per heavy atom.